The van der Waals surface area contributed by atoms with Crippen LogP contribution in [0.5, 0.6) is 0 Å². The molecule has 154 valence electrons. The second-order valence-electron chi connectivity index (χ2n) is 7.54. The zero-order valence-electron chi connectivity index (χ0n) is 17.4. The molecule has 5 heteroatoms. The molecule has 1 fully saturated rings. The van der Waals surface area contributed by atoms with E-state index in [4.69, 9.17) is 9.47 Å². The van der Waals surface area contributed by atoms with Gasteiger partial charge in [0, 0.05) is 30.9 Å². The Hall–Kier alpha value is -3.02. The Kier molecular flexibility index (Phi) is 6.21. The summed E-state index contributed by atoms with van der Waals surface area (Å²) in [6.07, 6.45) is 0. The predicted octanol–water partition coefficient (Wildman–Crippen LogP) is 4.34. The molecule has 1 aliphatic rings. The first-order valence-corrected chi connectivity index (χ1v) is 10.2. The van der Waals surface area contributed by atoms with E-state index in [1.807, 2.05) is 19.1 Å². The number of aryl methyl sites for hydroxylation is 1. The van der Waals surface area contributed by atoms with E-state index in [1.165, 1.54) is 18.2 Å². The highest BCUT2D eigenvalue weighted by Crippen LogP contribution is 2.25. The molecule has 2 heterocycles. The Labute approximate surface area is 177 Å². The Morgan fingerprint density at radius 3 is 2.20 bits per heavy atom. The van der Waals surface area contributed by atoms with Crippen molar-refractivity contribution >= 4 is 5.97 Å². The number of methoxy groups -OCH3 is 1. The number of carbonyl (C=O) groups excluding carboxylic acids is 1. The average molecular weight is 402 g/mol. The van der Waals surface area contributed by atoms with Crippen LogP contribution in [0.4, 0.5) is 0 Å². The quantitative estimate of drug-likeness (QED) is 0.594. The molecule has 0 saturated carbocycles. The lowest BCUT2D eigenvalue weighted by molar-refractivity contribution is 0.0342. The Morgan fingerprint density at radius 1 is 0.967 bits per heavy atom. The van der Waals surface area contributed by atoms with E-state index in [9.17, 15) is 4.79 Å². The molecule has 1 aliphatic heterocycles. The van der Waals surface area contributed by atoms with Gasteiger partial charge in [0.15, 0.2) is 0 Å². The fourth-order valence-corrected chi connectivity index (χ4v) is 3.71. The lowest BCUT2D eigenvalue weighted by Crippen LogP contribution is -2.35. The van der Waals surface area contributed by atoms with E-state index < -0.39 is 0 Å². The van der Waals surface area contributed by atoms with Crippen LogP contribution in [0.25, 0.3) is 22.4 Å². The SMILES string of the molecule is COC(=O)c1cc(C)nc(-c2ccc(-c3ccc(CN4CCOCC4)cc3)cc2)c1. The van der Waals surface area contributed by atoms with Crippen LogP contribution < -0.4 is 0 Å². The molecule has 0 bridgehead atoms. The molecule has 5 nitrogen and oxygen atoms in total. The summed E-state index contributed by atoms with van der Waals surface area (Å²) >= 11 is 0. The van der Waals surface area contributed by atoms with E-state index in [-0.39, 0.29) is 5.97 Å². The summed E-state index contributed by atoms with van der Waals surface area (Å²) in [5.41, 5.74) is 6.68. The highest BCUT2D eigenvalue weighted by Gasteiger charge is 2.12. The molecule has 0 N–H and O–H groups in total. The number of nitrogens with zero attached hydrogens (tertiary/aromatic N) is 2. The van der Waals surface area contributed by atoms with Crippen LogP contribution in [-0.2, 0) is 16.0 Å². The maximum absolute atomic E-state index is 11.9. The average Bonchev–Trinajstić information content (AvgIpc) is 2.79. The number of morpholine rings is 1. The van der Waals surface area contributed by atoms with Crippen molar-refractivity contribution in [1.29, 1.82) is 0 Å². The molecule has 2 aromatic carbocycles. The second kappa shape index (κ2) is 9.20. The lowest BCUT2D eigenvalue weighted by Gasteiger charge is -2.26. The minimum Gasteiger partial charge on any atom is -0.465 e. The second-order valence-corrected chi connectivity index (χ2v) is 7.54. The van der Waals surface area contributed by atoms with Crippen molar-refractivity contribution < 1.29 is 14.3 Å². The van der Waals surface area contributed by atoms with Gasteiger partial charge in [0.2, 0.25) is 0 Å². The van der Waals surface area contributed by atoms with Gasteiger partial charge in [-0.15, -0.1) is 0 Å². The molecular weight excluding hydrogens is 376 g/mol. The Balaban J connectivity index is 1.49. The van der Waals surface area contributed by atoms with E-state index in [2.05, 4.69) is 46.3 Å². The normalized spacial score (nSPS) is 14.5. The number of aromatic nitrogens is 1. The fraction of sp³-hybridized carbons (Fsp3) is 0.280. The number of carbonyl (C=O) groups is 1. The van der Waals surface area contributed by atoms with Crippen molar-refractivity contribution in [3.8, 4) is 22.4 Å². The summed E-state index contributed by atoms with van der Waals surface area (Å²) in [4.78, 5) is 18.9. The Bertz CT molecular complexity index is 1010. The molecule has 1 aromatic heterocycles. The first kappa shape index (κ1) is 20.3. The van der Waals surface area contributed by atoms with Gasteiger partial charge in [-0.3, -0.25) is 9.88 Å². The summed E-state index contributed by atoms with van der Waals surface area (Å²) < 4.78 is 10.3. The van der Waals surface area contributed by atoms with Gasteiger partial charge >= 0.3 is 5.97 Å². The zero-order chi connectivity index (χ0) is 20.9. The zero-order valence-corrected chi connectivity index (χ0v) is 17.4. The minimum absolute atomic E-state index is 0.351. The van der Waals surface area contributed by atoms with Gasteiger partial charge in [-0.25, -0.2) is 4.79 Å². The molecule has 0 aliphatic carbocycles. The topological polar surface area (TPSA) is 51.7 Å². The first-order valence-electron chi connectivity index (χ1n) is 10.2. The van der Waals surface area contributed by atoms with Gasteiger partial charge in [0.25, 0.3) is 0 Å². The van der Waals surface area contributed by atoms with E-state index in [0.717, 1.165) is 55.4 Å². The van der Waals surface area contributed by atoms with Gasteiger partial charge in [0.1, 0.15) is 0 Å². The monoisotopic (exact) mass is 402 g/mol. The van der Waals surface area contributed by atoms with Crippen LogP contribution >= 0.6 is 0 Å². The van der Waals surface area contributed by atoms with Crippen LogP contribution in [0.3, 0.4) is 0 Å². The maximum Gasteiger partial charge on any atom is 0.337 e. The van der Waals surface area contributed by atoms with Crippen molar-refractivity contribution in [2.45, 2.75) is 13.5 Å². The van der Waals surface area contributed by atoms with Crippen LogP contribution in [0.1, 0.15) is 21.6 Å². The Morgan fingerprint density at radius 2 is 1.57 bits per heavy atom. The van der Waals surface area contributed by atoms with Crippen LogP contribution in [0, 0.1) is 6.92 Å². The molecule has 4 rings (SSSR count). The minimum atomic E-state index is -0.351. The number of esters is 1. The molecule has 0 amide bonds. The first-order chi connectivity index (χ1) is 14.6. The summed E-state index contributed by atoms with van der Waals surface area (Å²) in [5.74, 6) is -0.351. The summed E-state index contributed by atoms with van der Waals surface area (Å²) in [6, 6.07) is 20.5. The standard InChI is InChI=1S/C25H26N2O3/c1-18-15-23(25(28)29-2)16-24(26-18)22-9-7-21(8-10-22)20-5-3-19(4-6-20)17-27-11-13-30-14-12-27/h3-10,15-16H,11-14,17H2,1-2H3. The third-order valence-corrected chi connectivity index (χ3v) is 5.35. The van der Waals surface area contributed by atoms with Crippen molar-refractivity contribution in [2.75, 3.05) is 33.4 Å². The van der Waals surface area contributed by atoms with E-state index in [0.29, 0.717) is 5.56 Å². The smallest absolute Gasteiger partial charge is 0.337 e. The van der Waals surface area contributed by atoms with Gasteiger partial charge in [-0.1, -0.05) is 48.5 Å². The summed E-state index contributed by atoms with van der Waals surface area (Å²) in [6.45, 7) is 6.47. The number of hydrogen-bond donors (Lipinski definition) is 0. The van der Waals surface area contributed by atoms with Crippen LogP contribution in [0.2, 0.25) is 0 Å². The summed E-state index contributed by atoms with van der Waals surface area (Å²) in [5, 5.41) is 0. The van der Waals surface area contributed by atoms with Gasteiger partial charge in [0.05, 0.1) is 31.6 Å². The predicted molar refractivity (Wildman–Crippen MR) is 117 cm³/mol. The molecule has 0 radical (unpaired) electrons. The molecule has 0 spiro atoms. The van der Waals surface area contributed by atoms with Crippen LogP contribution in [-0.4, -0.2) is 49.3 Å². The third kappa shape index (κ3) is 4.75. The highest BCUT2D eigenvalue weighted by molar-refractivity contribution is 5.90. The van der Waals surface area contributed by atoms with Crippen molar-refractivity contribution in [2.24, 2.45) is 0 Å². The van der Waals surface area contributed by atoms with Gasteiger partial charge in [-0.2, -0.15) is 0 Å². The van der Waals surface area contributed by atoms with Crippen molar-refractivity contribution in [3.63, 3.8) is 0 Å². The van der Waals surface area contributed by atoms with E-state index >= 15 is 0 Å². The molecular formula is C25H26N2O3. The molecule has 30 heavy (non-hydrogen) atoms. The maximum atomic E-state index is 11.9. The highest BCUT2D eigenvalue weighted by atomic mass is 16.5. The van der Waals surface area contributed by atoms with Crippen molar-refractivity contribution in [1.82, 2.24) is 9.88 Å². The molecule has 0 unspecified atom stereocenters. The van der Waals surface area contributed by atoms with Gasteiger partial charge < -0.3 is 9.47 Å². The molecule has 1 saturated heterocycles. The number of pyridine rings is 1. The third-order valence-electron chi connectivity index (χ3n) is 5.35. The summed E-state index contributed by atoms with van der Waals surface area (Å²) in [7, 11) is 1.39. The lowest BCUT2D eigenvalue weighted by atomic mass is 10.0. The fourth-order valence-electron chi connectivity index (χ4n) is 3.71. The van der Waals surface area contributed by atoms with Gasteiger partial charge in [-0.05, 0) is 35.7 Å². The molecule has 0 atom stereocenters. The largest absolute Gasteiger partial charge is 0.465 e. The number of rotatable bonds is 5. The van der Waals surface area contributed by atoms with Crippen LogP contribution in [0.15, 0.2) is 60.7 Å². The molecule has 3 aromatic rings. The number of benzene rings is 2. The van der Waals surface area contributed by atoms with Crippen molar-refractivity contribution in [3.05, 3.63) is 77.5 Å². The number of hydrogen-bond acceptors (Lipinski definition) is 5. The number of ether oxygens (including phenoxy) is 2. The van der Waals surface area contributed by atoms with E-state index in [1.54, 1.807) is 12.1 Å².